The van der Waals surface area contributed by atoms with Crippen LogP contribution in [0.15, 0.2) is 29.4 Å². The SMILES string of the molecule is O=C(O)Cn1nnnc1SCc1ccc(I)cc1. The normalized spacial score (nSPS) is 10.5. The summed E-state index contributed by atoms with van der Waals surface area (Å²) in [7, 11) is 0. The van der Waals surface area contributed by atoms with Gasteiger partial charge < -0.3 is 5.11 Å². The molecule has 0 amide bonds. The molecular weight excluding hydrogens is 367 g/mol. The predicted octanol–water partition coefficient (Wildman–Crippen LogP) is 1.65. The molecule has 0 radical (unpaired) electrons. The summed E-state index contributed by atoms with van der Waals surface area (Å²) in [5.74, 6) is -0.255. The number of thioether (sulfide) groups is 1. The third kappa shape index (κ3) is 3.67. The third-order valence-corrected chi connectivity index (χ3v) is 3.81. The van der Waals surface area contributed by atoms with Crippen LogP contribution < -0.4 is 0 Å². The molecule has 0 aliphatic heterocycles. The van der Waals surface area contributed by atoms with E-state index >= 15 is 0 Å². The second-order valence-electron chi connectivity index (χ2n) is 3.43. The van der Waals surface area contributed by atoms with Crippen LogP contribution in [0.25, 0.3) is 0 Å². The third-order valence-electron chi connectivity index (χ3n) is 2.07. The lowest BCUT2D eigenvalue weighted by Crippen LogP contribution is -2.11. The van der Waals surface area contributed by atoms with E-state index in [0.29, 0.717) is 10.9 Å². The van der Waals surface area contributed by atoms with Gasteiger partial charge in [-0.05, 0) is 50.7 Å². The summed E-state index contributed by atoms with van der Waals surface area (Å²) in [6.45, 7) is -0.220. The fraction of sp³-hybridized carbons (Fsp3) is 0.200. The molecule has 1 aromatic heterocycles. The minimum Gasteiger partial charge on any atom is -0.480 e. The van der Waals surface area contributed by atoms with Gasteiger partial charge in [0.2, 0.25) is 5.16 Å². The molecule has 0 fully saturated rings. The van der Waals surface area contributed by atoms with Crippen LogP contribution in [0.4, 0.5) is 0 Å². The van der Waals surface area contributed by atoms with E-state index in [2.05, 4.69) is 38.1 Å². The number of carboxylic acid groups (broad SMARTS) is 1. The van der Waals surface area contributed by atoms with Crippen molar-refractivity contribution in [1.82, 2.24) is 20.2 Å². The van der Waals surface area contributed by atoms with Crippen LogP contribution in [0.3, 0.4) is 0 Å². The summed E-state index contributed by atoms with van der Waals surface area (Å²) in [6.07, 6.45) is 0. The van der Waals surface area contributed by atoms with Gasteiger partial charge in [0.1, 0.15) is 6.54 Å². The second-order valence-corrected chi connectivity index (χ2v) is 5.62. The standard InChI is InChI=1S/C10H9IN4O2S/c11-8-3-1-7(2-4-8)6-18-10-12-13-14-15(10)5-9(16)17/h1-4H,5-6H2,(H,16,17). The van der Waals surface area contributed by atoms with Gasteiger partial charge in [-0.2, -0.15) is 0 Å². The molecule has 0 aliphatic rings. The molecule has 2 rings (SSSR count). The molecule has 1 heterocycles. The number of tetrazole rings is 1. The highest BCUT2D eigenvalue weighted by molar-refractivity contribution is 14.1. The first-order chi connectivity index (χ1) is 8.65. The fourth-order valence-corrected chi connectivity index (χ4v) is 2.45. The molecule has 8 heteroatoms. The molecule has 0 bridgehead atoms. The Bertz CT molecular complexity index is 543. The number of halogens is 1. The largest absolute Gasteiger partial charge is 0.480 e. The van der Waals surface area contributed by atoms with Gasteiger partial charge in [0, 0.05) is 9.32 Å². The Kier molecular flexibility index (Phi) is 4.53. The maximum atomic E-state index is 10.6. The lowest BCUT2D eigenvalue weighted by atomic mass is 10.2. The van der Waals surface area contributed by atoms with Gasteiger partial charge in [0.15, 0.2) is 0 Å². The molecule has 0 spiro atoms. The molecular formula is C10H9IN4O2S. The van der Waals surface area contributed by atoms with E-state index in [9.17, 15) is 4.79 Å². The summed E-state index contributed by atoms with van der Waals surface area (Å²) >= 11 is 3.66. The number of carboxylic acids is 1. The maximum absolute atomic E-state index is 10.6. The van der Waals surface area contributed by atoms with Gasteiger partial charge in [-0.3, -0.25) is 4.79 Å². The quantitative estimate of drug-likeness (QED) is 0.632. The van der Waals surface area contributed by atoms with Crippen LogP contribution in [0, 0.1) is 3.57 Å². The van der Waals surface area contributed by atoms with E-state index in [1.54, 1.807) is 0 Å². The van der Waals surface area contributed by atoms with Crippen LogP contribution >= 0.6 is 34.4 Å². The molecule has 0 aliphatic carbocycles. The van der Waals surface area contributed by atoms with E-state index in [1.165, 1.54) is 20.0 Å². The highest BCUT2D eigenvalue weighted by Crippen LogP contribution is 2.20. The first-order valence-electron chi connectivity index (χ1n) is 5.00. The van der Waals surface area contributed by atoms with Crippen molar-refractivity contribution in [2.24, 2.45) is 0 Å². The number of aliphatic carboxylic acids is 1. The number of hydrogen-bond acceptors (Lipinski definition) is 5. The van der Waals surface area contributed by atoms with Crippen LogP contribution in [0.1, 0.15) is 5.56 Å². The van der Waals surface area contributed by atoms with E-state index < -0.39 is 5.97 Å². The van der Waals surface area contributed by atoms with Crippen molar-refractivity contribution < 1.29 is 9.90 Å². The summed E-state index contributed by atoms with van der Waals surface area (Å²) in [5, 5.41) is 20.1. The first-order valence-corrected chi connectivity index (χ1v) is 7.07. The van der Waals surface area contributed by atoms with E-state index in [1.807, 2.05) is 24.3 Å². The van der Waals surface area contributed by atoms with Crippen molar-refractivity contribution in [3.8, 4) is 0 Å². The Morgan fingerprint density at radius 2 is 2.11 bits per heavy atom. The molecule has 0 unspecified atom stereocenters. The number of benzene rings is 1. The van der Waals surface area contributed by atoms with Crippen LogP contribution in [0.2, 0.25) is 0 Å². The number of nitrogens with zero attached hydrogens (tertiary/aromatic N) is 4. The lowest BCUT2D eigenvalue weighted by molar-refractivity contribution is -0.138. The molecule has 0 saturated heterocycles. The highest BCUT2D eigenvalue weighted by atomic mass is 127. The first kappa shape index (κ1) is 13.3. The van der Waals surface area contributed by atoms with Crippen molar-refractivity contribution in [2.75, 3.05) is 0 Å². The minimum absolute atomic E-state index is 0.220. The molecule has 18 heavy (non-hydrogen) atoms. The van der Waals surface area contributed by atoms with Gasteiger partial charge in [-0.15, -0.1) is 5.10 Å². The Hall–Kier alpha value is -1.16. The summed E-state index contributed by atoms with van der Waals surface area (Å²) in [5.41, 5.74) is 1.14. The van der Waals surface area contributed by atoms with Crippen molar-refractivity contribution in [2.45, 2.75) is 17.5 Å². The molecule has 1 N–H and O–H groups in total. The Morgan fingerprint density at radius 1 is 1.39 bits per heavy atom. The van der Waals surface area contributed by atoms with Gasteiger partial charge in [0.25, 0.3) is 0 Å². The van der Waals surface area contributed by atoms with E-state index in [4.69, 9.17) is 5.11 Å². The average molecular weight is 376 g/mol. The highest BCUT2D eigenvalue weighted by Gasteiger charge is 2.09. The van der Waals surface area contributed by atoms with E-state index in [0.717, 1.165) is 5.56 Å². The fourth-order valence-electron chi connectivity index (χ4n) is 1.26. The van der Waals surface area contributed by atoms with Crippen molar-refractivity contribution in [1.29, 1.82) is 0 Å². The van der Waals surface area contributed by atoms with Crippen molar-refractivity contribution >= 4 is 40.3 Å². The van der Waals surface area contributed by atoms with Gasteiger partial charge >= 0.3 is 5.97 Å². The molecule has 1 aromatic carbocycles. The topological polar surface area (TPSA) is 80.9 Å². The smallest absolute Gasteiger partial charge is 0.325 e. The van der Waals surface area contributed by atoms with Crippen molar-refractivity contribution in [3.05, 3.63) is 33.4 Å². The van der Waals surface area contributed by atoms with Crippen LogP contribution in [-0.4, -0.2) is 31.3 Å². The zero-order chi connectivity index (χ0) is 13.0. The average Bonchev–Trinajstić information content (AvgIpc) is 2.75. The maximum Gasteiger partial charge on any atom is 0.325 e. The molecule has 0 atom stereocenters. The Morgan fingerprint density at radius 3 is 2.78 bits per heavy atom. The Balaban J connectivity index is 1.99. The lowest BCUT2D eigenvalue weighted by Gasteiger charge is -2.02. The minimum atomic E-state index is -0.960. The van der Waals surface area contributed by atoms with Crippen LogP contribution in [-0.2, 0) is 17.1 Å². The monoisotopic (exact) mass is 376 g/mol. The van der Waals surface area contributed by atoms with Gasteiger partial charge in [0.05, 0.1) is 0 Å². The zero-order valence-electron chi connectivity index (χ0n) is 9.15. The van der Waals surface area contributed by atoms with Gasteiger partial charge in [-0.1, -0.05) is 23.9 Å². The summed E-state index contributed by atoms with van der Waals surface area (Å²) in [6, 6.07) is 8.10. The Labute approximate surface area is 121 Å². The molecule has 6 nitrogen and oxygen atoms in total. The number of carbonyl (C=O) groups is 1. The zero-order valence-corrected chi connectivity index (χ0v) is 12.1. The number of rotatable bonds is 5. The number of aromatic nitrogens is 4. The van der Waals surface area contributed by atoms with Crippen molar-refractivity contribution in [3.63, 3.8) is 0 Å². The van der Waals surface area contributed by atoms with Crippen LogP contribution in [0.5, 0.6) is 0 Å². The predicted molar refractivity (Wildman–Crippen MR) is 74.2 cm³/mol. The molecule has 94 valence electrons. The summed E-state index contributed by atoms with van der Waals surface area (Å²) < 4.78 is 2.46. The molecule has 2 aromatic rings. The number of hydrogen-bond donors (Lipinski definition) is 1. The van der Waals surface area contributed by atoms with Gasteiger partial charge in [-0.25, -0.2) is 4.68 Å². The second kappa shape index (κ2) is 6.14. The summed E-state index contributed by atoms with van der Waals surface area (Å²) in [4.78, 5) is 10.6. The van der Waals surface area contributed by atoms with E-state index in [-0.39, 0.29) is 6.54 Å². The molecule has 0 saturated carbocycles.